The second-order valence-corrected chi connectivity index (χ2v) is 3.48. The first kappa shape index (κ1) is 12.6. The predicted octanol–water partition coefficient (Wildman–Crippen LogP) is 0.712. The summed E-state index contributed by atoms with van der Waals surface area (Å²) in [6.07, 6.45) is 0.603. The van der Waals surface area contributed by atoms with E-state index in [1.807, 2.05) is 0 Å². The maximum absolute atomic E-state index is 10.9. The van der Waals surface area contributed by atoms with Crippen molar-refractivity contribution in [3.8, 4) is 0 Å². The number of rotatable bonds is 3. The monoisotopic (exact) mass is 236 g/mol. The van der Waals surface area contributed by atoms with Gasteiger partial charge in [0, 0.05) is 23.0 Å². The number of aliphatic hydroxyl groups excluding tert-OH is 1. The Bertz CT molecular complexity index is 497. The van der Waals surface area contributed by atoms with Crippen LogP contribution in [0.2, 0.25) is 0 Å². The summed E-state index contributed by atoms with van der Waals surface area (Å²) in [4.78, 5) is 21.2. The lowest BCUT2D eigenvalue weighted by Gasteiger charge is -2.07. The van der Waals surface area contributed by atoms with E-state index in [-0.39, 0.29) is 5.56 Å². The van der Waals surface area contributed by atoms with E-state index < -0.39 is 17.5 Å². The molecule has 0 aliphatic rings. The van der Waals surface area contributed by atoms with Crippen LogP contribution in [-0.2, 0) is 9.59 Å². The third kappa shape index (κ3) is 2.75. The molecule has 1 aromatic rings. The van der Waals surface area contributed by atoms with Crippen LogP contribution < -0.4 is 11.5 Å². The molecule has 1 aromatic carbocycles. The summed E-state index contributed by atoms with van der Waals surface area (Å²) < 4.78 is 0. The predicted molar refractivity (Wildman–Crippen MR) is 63.3 cm³/mol. The molecule has 0 amide bonds. The summed E-state index contributed by atoms with van der Waals surface area (Å²) in [6.45, 7) is 1.71. The quantitative estimate of drug-likeness (QED) is 0.265. The van der Waals surface area contributed by atoms with E-state index in [1.165, 1.54) is 12.1 Å². The van der Waals surface area contributed by atoms with Crippen LogP contribution in [0.4, 0.5) is 11.4 Å². The molecule has 0 aromatic heterocycles. The van der Waals surface area contributed by atoms with Crippen LogP contribution in [0, 0.1) is 6.92 Å². The van der Waals surface area contributed by atoms with Gasteiger partial charge in [-0.2, -0.15) is 0 Å². The smallest absolute Gasteiger partial charge is 0.376 e. The van der Waals surface area contributed by atoms with E-state index in [1.54, 1.807) is 6.92 Å². The van der Waals surface area contributed by atoms with Gasteiger partial charge in [-0.05, 0) is 24.6 Å². The highest BCUT2D eigenvalue weighted by Crippen LogP contribution is 2.24. The average Bonchev–Trinajstić information content (AvgIpc) is 2.24. The first-order valence-corrected chi connectivity index (χ1v) is 4.66. The van der Waals surface area contributed by atoms with Crippen LogP contribution in [0.25, 0.3) is 5.76 Å². The minimum absolute atomic E-state index is 0.195. The van der Waals surface area contributed by atoms with Crippen molar-refractivity contribution in [1.82, 2.24) is 0 Å². The molecule has 0 saturated heterocycles. The van der Waals surface area contributed by atoms with Crippen LogP contribution in [0.1, 0.15) is 11.1 Å². The molecule has 6 heteroatoms. The Kier molecular flexibility index (Phi) is 3.37. The van der Waals surface area contributed by atoms with Crippen LogP contribution in [0.5, 0.6) is 0 Å². The average molecular weight is 236 g/mol. The van der Waals surface area contributed by atoms with Crippen molar-refractivity contribution >= 4 is 28.9 Å². The van der Waals surface area contributed by atoms with E-state index in [4.69, 9.17) is 16.6 Å². The lowest BCUT2D eigenvalue weighted by atomic mass is 10.1. The maximum atomic E-state index is 10.9. The van der Waals surface area contributed by atoms with Crippen molar-refractivity contribution in [2.45, 2.75) is 6.92 Å². The van der Waals surface area contributed by atoms with E-state index >= 15 is 0 Å². The highest BCUT2D eigenvalue weighted by atomic mass is 16.4. The van der Waals surface area contributed by atoms with Crippen molar-refractivity contribution in [3.63, 3.8) is 0 Å². The number of carbonyl (C=O) groups is 2. The topological polar surface area (TPSA) is 127 Å². The Morgan fingerprint density at radius 1 is 1.18 bits per heavy atom. The fourth-order valence-electron chi connectivity index (χ4n) is 1.18. The van der Waals surface area contributed by atoms with Crippen LogP contribution in [0.15, 0.2) is 18.2 Å². The van der Waals surface area contributed by atoms with Crippen LogP contribution in [0.3, 0.4) is 0 Å². The third-order valence-corrected chi connectivity index (χ3v) is 2.26. The first-order chi connectivity index (χ1) is 7.82. The van der Waals surface area contributed by atoms with Gasteiger partial charge in [-0.1, -0.05) is 0 Å². The number of ketones is 1. The fourth-order valence-corrected chi connectivity index (χ4v) is 1.18. The third-order valence-electron chi connectivity index (χ3n) is 2.26. The molecule has 0 heterocycles. The first-order valence-electron chi connectivity index (χ1n) is 4.66. The van der Waals surface area contributed by atoms with Crippen molar-refractivity contribution in [1.29, 1.82) is 0 Å². The van der Waals surface area contributed by atoms with Gasteiger partial charge in [0.2, 0.25) is 0 Å². The minimum Gasteiger partial charge on any atom is -0.507 e. The van der Waals surface area contributed by atoms with E-state index in [9.17, 15) is 14.7 Å². The number of hydrogen-bond acceptors (Lipinski definition) is 5. The molecule has 0 unspecified atom stereocenters. The van der Waals surface area contributed by atoms with Gasteiger partial charge in [-0.3, -0.25) is 4.79 Å². The number of nitrogen functional groups attached to an aromatic ring is 2. The fraction of sp³-hybridized carbons (Fsp3) is 0.0909. The minimum atomic E-state index is -1.65. The summed E-state index contributed by atoms with van der Waals surface area (Å²) in [5.74, 6) is -3.36. The summed E-state index contributed by atoms with van der Waals surface area (Å²) in [7, 11) is 0. The van der Waals surface area contributed by atoms with Gasteiger partial charge < -0.3 is 21.7 Å². The summed E-state index contributed by atoms with van der Waals surface area (Å²) in [5, 5.41) is 17.9. The molecule has 0 fully saturated rings. The maximum Gasteiger partial charge on any atom is 0.376 e. The number of aliphatic carboxylic acids is 1. The summed E-state index contributed by atoms with van der Waals surface area (Å²) >= 11 is 0. The number of aliphatic hydroxyl groups is 1. The molecule has 6 N–H and O–H groups in total. The molecule has 0 spiro atoms. The second-order valence-electron chi connectivity index (χ2n) is 3.48. The molecule has 1 rings (SSSR count). The molecular weight excluding hydrogens is 224 g/mol. The number of carboxylic acid groups (broad SMARTS) is 1. The zero-order valence-corrected chi connectivity index (χ0v) is 9.10. The molecule has 0 aliphatic carbocycles. The number of anilines is 2. The van der Waals surface area contributed by atoms with Crippen molar-refractivity contribution in [3.05, 3.63) is 29.3 Å². The number of nitrogens with two attached hydrogens (primary N) is 2. The molecule has 17 heavy (non-hydrogen) atoms. The Labute approximate surface area is 97.2 Å². The Morgan fingerprint density at radius 3 is 2.06 bits per heavy atom. The number of carboxylic acids is 1. The molecule has 90 valence electrons. The van der Waals surface area contributed by atoms with E-state index in [2.05, 4.69) is 0 Å². The lowest BCUT2D eigenvalue weighted by Crippen LogP contribution is -2.09. The summed E-state index contributed by atoms with van der Waals surface area (Å²) in [5.41, 5.74) is 12.8. The Hall–Kier alpha value is -2.50. The zero-order chi connectivity index (χ0) is 13.2. The number of carbonyl (C=O) groups excluding carboxylic acids is 1. The van der Waals surface area contributed by atoms with Gasteiger partial charge in [-0.25, -0.2) is 4.79 Å². The molecule has 0 saturated carbocycles. The molecule has 0 bridgehead atoms. The van der Waals surface area contributed by atoms with Crippen molar-refractivity contribution in [2.75, 3.05) is 11.5 Å². The van der Waals surface area contributed by atoms with Crippen molar-refractivity contribution < 1.29 is 19.8 Å². The van der Waals surface area contributed by atoms with Gasteiger partial charge >= 0.3 is 5.97 Å². The molecule has 0 aliphatic heterocycles. The van der Waals surface area contributed by atoms with Gasteiger partial charge in [0.15, 0.2) is 0 Å². The van der Waals surface area contributed by atoms with E-state index in [0.29, 0.717) is 23.0 Å². The van der Waals surface area contributed by atoms with Crippen LogP contribution >= 0.6 is 0 Å². The lowest BCUT2D eigenvalue weighted by molar-refractivity contribution is -0.146. The largest absolute Gasteiger partial charge is 0.507 e. The zero-order valence-electron chi connectivity index (χ0n) is 9.10. The SMILES string of the molecule is Cc1c(N)cc(/C(O)=C/C(=O)C(=O)O)cc1N. The highest BCUT2D eigenvalue weighted by Gasteiger charge is 2.12. The Morgan fingerprint density at radius 2 is 1.65 bits per heavy atom. The summed E-state index contributed by atoms with van der Waals surface area (Å²) in [6, 6.07) is 2.82. The number of hydrogen-bond donors (Lipinski definition) is 4. The van der Waals surface area contributed by atoms with Crippen molar-refractivity contribution in [2.24, 2.45) is 0 Å². The standard InChI is InChI=1S/C11H12N2O4/c1-5-7(12)2-6(3-8(5)13)9(14)4-10(15)11(16)17/h2-4,14H,12-13H2,1H3,(H,16,17)/b9-4-. The van der Waals surface area contributed by atoms with Gasteiger partial charge in [0.25, 0.3) is 5.78 Å². The van der Waals surface area contributed by atoms with E-state index in [0.717, 1.165) is 0 Å². The van der Waals surface area contributed by atoms with Gasteiger partial charge in [-0.15, -0.1) is 0 Å². The normalized spacial score (nSPS) is 11.2. The molecular formula is C11H12N2O4. The number of benzene rings is 1. The highest BCUT2D eigenvalue weighted by molar-refractivity contribution is 6.38. The van der Waals surface area contributed by atoms with Crippen LogP contribution in [-0.4, -0.2) is 22.0 Å². The Balaban J connectivity index is 3.18. The second kappa shape index (κ2) is 4.56. The van der Waals surface area contributed by atoms with Gasteiger partial charge in [0.1, 0.15) is 5.76 Å². The molecule has 0 radical (unpaired) electrons. The molecule has 0 atom stereocenters. The van der Waals surface area contributed by atoms with Gasteiger partial charge in [0.05, 0.1) is 0 Å². The molecule has 6 nitrogen and oxygen atoms in total.